The van der Waals surface area contributed by atoms with E-state index in [2.05, 4.69) is 67.2 Å². The normalized spacial score (nSPS) is 12.2. The lowest BCUT2D eigenvalue weighted by molar-refractivity contribution is 0.588. The number of isothiocyanates is 1. The molecule has 3 aromatic rings. The quantitative estimate of drug-likeness (QED) is 0.137. The third kappa shape index (κ3) is 6.05. The van der Waals surface area contributed by atoms with Gasteiger partial charge in [-0.3, -0.25) is 0 Å². The van der Waals surface area contributed by atoms with Crippen LogP contribution in [-0.4, -0.2) is 5.16 Å². The average Bonchev–Trinajstić information content (AvgIpc) is 2.89. The number of fused-ring (bicyclic) bond motifs is 1. The summed E-state index contributed by atoms with van der Waals surface area (Å²) in [5.74, 6) is 5.29. The van der Waals surface area contributed by atoms with Gasteiger partial charge in [0.05, 0.1) is 5.16 Å². The standard InChI is InChI=1S/C32H29F2NS/c1-3-5-6-7-22-8-11-25(24(4-2)16-22)12-9-23-10-13-27-18-28(15-14-26(27)17-23)29-19-30(33)32(35-21-36)31(34)20-29/h8,11,14-20H,3-7,10,13H2,1-2H3. The third-order valence-electron chi connectivity index (χ3n) is 6.62. The van der Waals surface area contributed by atoms with E-state index in [-0.39, 0.29) is 0 Å². The Hall–Kier alpha value is -3.38. The van der Waals surface area contributed by atoms with Gasteiger partial charge in [0.2, 0.25) is 0 Å². The van der Waals surface area contributed by atoms with Crippen molar-refractivity contribution in [3.05, 3.63) is 93.6 Å². The molecule has 0 bridgehead atoms. The summed E-state index contributed by atoms with van der Waals surface area (Å²) in [6.45, 7) is 4.41. The lowest BCUT2D eigenvalue weighted by Crippen LogP contribution is -1.99. The van der Waals surface area contributed by atoms with Crippen LogP contribution in [0.2, 0.25) is 0 Å². The lowest BCUT2D eigenvalue weighted by Gasteiger charge is -2.15. The molecule has 0 saturated heterocycles. The predicted octanol–water partition coefficient (Wildman–Crippen LogP) is 9.04. The molecule has 0 unspecified atom stereocenters. The van der Waals surface area contributed by atoms with E-state index in [1.165, 1.54) is 42.5 Å². The summed E-state index contributed by atoms with van der Waals surface area (Å²) < 4.78 is 28.6. The fourth-order valence-corrected chi connectivity index (χ4v) is 4.69. The second-order valence-electron chi connectivity index (χ2n) is 9.13. The van der Waals surface area contributed by atoms with Crippen molar-refractivity contribution in [3.8, 4) is 23.0 Å². The maximum atomic E-state index is 14.3. The first-order valence-corrected chi connectivity index (χ1v) is 13.0. The molecule has 1 aliphatic rings. The molecule has 1 aliphatic carbocycles. The van der Waals surface area contributed by atoms with Gasteiger partial charge in [0.15, 0.2) is 11.6 Å². The average molecular weight is 498 g/mol. The number of rotatable bonds is 7. The van der Waals surface area contributed by atoms with E-state index in [1.54, 1.807) is 0 Å². The minimum Gasteiger partial charge on any atom is -0.204 e. The van der Waals surface area contributed by atoms with Crippen molar-refractivity contribution in [2.45, 2.75) is 58.8 Å². The number of halogens is 2. The summed E-state index contributed by atoms with van der Waals surface area (Å²) in [6.07, 6.45) is 9.63. The van der Waals surface area contributed by atoms with Gasteiger partial charge in [-0.2, -0.15) is 4.99 Å². The van der Waals surface area contributed by atoms with Gasteiger partial charge in [0, 0.05) is 11.1 Å². The fraction of sp³-hybridized carbons (Fsp3) is 0.281. The van der Waals surface area contributed by atoms with Crippen LogP contribution in [0.4, 0.5) is 14.5 Å². The molecular formula is C32H29F2NS. The predicted molar refractivity (Wildman–Crippen MR) is 149 cm³/mol. The molecule has 1 nitrogen and oxygen atoms in total. The van der Waals surface area contributed by atoms with E-state index in [4.69, 9.17) is 0 Å². The van der Waals surface area contributed by atoms with E-state index in [9.17, 15) is 8.78 Å². The first-order valence-electron chi connectivity index (χ1n) is 12.6. The highest BCUT2D eigenvalue weighted by atomic mass is 32.1. The first-order chi connectivity index (χ1) is 17.5. The number of benzene rings is 3. The van der Waals surface area contributed by atoms with Crippen molar-refractivity contribution < 1.29 is 8.78 Å². The second kappa shape index (κ2) is 12.0. The van der Waals surface area contributed by atoms with Gasteiger partial charge in [-0.05, 0) is 102 Å². The molecular weight excluding hydrogens is 468 g/mol. The largest absolute Gasteiger partial charge is 0.204 e. The van der Waals surface area contributed by atoms with E-state index in [0.717, 1.165) is 53.5 Å². The van der Waals surface area contributed by atoms with Crippen molar-refractivity contribution >= 4 is 29.1 Å². The maximum absolute atomic E-state index is 14.3. The molecule has 36 heavy (non-hydrogen) atoms. The molecule has 0 fully saturated rings. The number of unbranched alkanes of at least 4 members (excludes halogenated alkanes) is 2. The smallest absolute Gasteiger partial charge is 0.153 e. The molecule has 3 aromatic carbocycles. The zero-order valence-electron chi connectivity index (χ0n) is 20.8. The van der Waals surface area contributed by atoms with Gasteiger partial charge < -0.3 is 0 Å². The number of aliphatic imine (C=N–C) groups is 1. The number of hydrogen-bond acceptors (Lipinski definition) is 2. The van der Waals surface area contributed by atoms with Crippen LogP contribution >= 0.6 is 12.2 Å². The van der Waals surface area contributed by atoms with E-state index in [0.29, 0.717) is 5.56 Å². The Morgan fingerprint density at radius 1 is 0.889 bits per heavy atom. The Morgan fingerprint density at radius 3 is 2.42 bits per heavy atom. The van der Waals surface area contributed by atoms with Crippen LogP contribution in [-0.2, 0) is 19.3 Å². The summed E-state index contributed by atoms with van der Waals surface area (Å²) in [5, 5.41) is 2.02. The minimum absolute atomic E-state index is 0.407. The van der Waals surface area contributed by atoms with Gasteiger partial charge in [-0.1, -0.05) is 68.9 Å². The molecule has 4 rings (SSSR count). The highest BCUT2D eigenvalue weighted by Crippen LogP contribution is 2.32. The van der Waals surface area contributed by atoms with Crippen LogP contribution in [0.3, 0.4) is 0 Å². The molecule has 0 amide bonds. The van der Waals surface area contributed by atoms with Gasteiger partial charge in [-0.15, -0.1) is 0 Å². The second-order valence-corrected chi connectivity index (χ2v) is 9.31. The van der Waals surface area contributed by atoms with Crippen LogP contribution in [0.1, 0.15) is 67.3 Å². The Balaban J connectivity index is 1.55. The third-order valence-corrected chi connectivity index (χ3v) is 6.71. The van der Waals surface area contributed by atoms with Crippen LogP contribution in [0.5, 0.6) is 0 Å². The number of nitrogens with zero attached hydrogens (tertiary/aromatic N) is 1. The Bertz CT molecular complexity index is 1390. The summed E-state index contributed by atoms with van der Waals surface area (Å²) >= 11 is 4.47. The van der Waals surface area contributed by atoms with E-state index in [1.807, 2.05) is 23.4 Å². The molecule has 0 radical (unpaired) electrons. The highest BCUT2D eigenvalue weighted by molar-refractivity contribution is 7.78. The molecule has 0 saturated carbocycles. The lowest BCUT2D eigenvalue weighted by atomic mass is 9.89. The minimum atomic E-state index is -0.752. The number of thiocarbonyl (C=S) groups is 1. The molecule has 4 heteroatoms. The van der Waals surface area contributed by atoms with Gasteiger partial charge in [0.25, 0.3) is 0 Å². The van der Waals surface area contributed by atoms with Crippen LogP contribution in [0.25, 0.3) is 17.2 Å². The topological polar surface area (TPSA) is 12.4 Å². The summed E-state index contributed by atoms with van der Waals surface area (Å²) in [7, 11) is 0. The molecule has 0 spiro atoms. The summed E-state index contributed by atoms with van der Waals surface area (Å²) in [6, 6.07) is 15.1. The van der Waals surface area contributed by atoms with Crippen LogP contribution in [0, 0.1) is 23.5 Å². The van der Waals surface area contributed by atoms with Gasteiger partial charge in [-0.25, -0.2) is 8.78 Å². The van der Waals surface area contributed by atoms with Crippen LogP contribution in [0.15, 0.2) is 59.1 Å². The Labute approximate surface area is 218 Å². The highest BCUT2D eigenvalue weighted by Gasteiger charge is 2.14. The SMILES string of the molecule is CCCCCc1ccc(C#CC2=Cc3ccc(-c4cc(F)c(N=C=S)c(F)c4)cc3CC2)c(CC)c1. The van der Waals surface area contributed by atoms with Gasteiger partial charge in [0.1, 0.15) is 5.69 Å². The zero-order valence-corrected chi connectivity index (χ0v) is 21.6. The van der Waals surface area contributed by atoms with Crippen LogP contribution < -0.4 is 0 Å². The molecule has 0 N–H and O–H groups in total. The molecule has 0 atom stereocenters. The zero-order chi connectivity index (χ0) is 25.5. The first kappa shape index (κ1) is 25.7. The molecule has 0 aliphatic heterocycles. The number of allylic oxidation sites excluding steroid dienone is 1. The Morgan fingerprint density at radius 2 is 1.69 bits per heavy atom. The number of hydrogen-bond donors (Lipinski definition) is 0. The van der Waals surface area contributed by atoms with E-state index >= 15 is 0 Å². The number of aryl methyl sites for hydroxylation is 3. The van der Waals surface area contributed by atoms with Gasteiger partial charge >= 0.3 is 0 Å². The monoisotopic (exact) mass is 497 g/mol. The van der Waals surface area contributed by atoms with Crippen molar-refractivity contribution in [1.82, 2.24) is 0 Å². The van der Waals surface area contributed by atoms with Crippen molar-refractivity contribution in [1.29, 1.82) is 0 Å². The van der Waals surface area contributed by atoms with E-state index < -0.39 is 17.3 Å². The van der Waals surface area contributed by atoms with Crippen molar-refractivity contribution in [3.63, 3.8) is 0 Å². The Kier molecular flexibility index (Phi) is 8.60. The molecule has 182 valence electrons. The van der Waals surface area contributed by atoms with Crippen molar-refractivity contribution in [2.24, 2.45) is 4.99 Å². The maximum Gasteiger partial charge on any atom is 0.153 e. The molecule has 0 heterocycles. The summed E-state index contributed by atoms with van der Waals surface area (Å²) in [5.41, 5.74) is 7.97. The molecule has 0 aromatic heterocycles. The van der Waals surface area contributed by atoms with Crippen molar-refractivity contribution in [2.75, 3.05) is 0 Å². The fourth-order valence-electron chi connectivity index (χ4n) is 4.60. The summed E-state index contributed by atoms with van der Waals surface area (Å²) in [4.78, 5) is 3.48.